The summed E-state index contributed by atoms with van der Waals surface area (Å²) in [5, 5.41) is 6.22. The van der Waals surface area contributed by atoms with Crippen molar-refractivity contribution in [2.45, 2.75) is 39.5 Å². The van der Waals surface area contributed by atoms with Crippen LogP contribution in [0, 0.1) is 20.8 Å². The van der Waals surface area contributed by atoms with Gasteiger partial charge in [0.05, 0.1) is 14.2 Å². The number of fused-ring (bicyclic) bond motifs is 1. The molecule has 5 heteroatoms. The Kier molecular flexibility index (Phi) is 6.94. The molecule has 0 spiro atoms. The second-order valence-electron chi connectivity index (χ2n) is 9.15. The Morgan fingerprint density at radius 3 is 2.29 bits per heavy atom. The fraction of sp³-hybridized carbons (Fsp3) is 0.345. The Morgan fingerprint density at radius 1 is 0.941 bits per heavy atom. The number of hydrogen-bond donors (Lipinski definition) is 1. The van der Waals surface area contributed by atoms with E-state index >= 15 is 0 Å². The molecule has 0 radical (unpaired) electrons. The summed E-state index contributed by atoms with van der Waals surface area (Å²) in [5.74, 6) is 1.71. The van der Waals surface area contributed by atoms with Gasteiger partial charge in [0.2, 0.25) is 0 Å². The van der Waals surface area contributed by atoms with Gasteiger partial charge in [-0.3, -0.25) is 4.68 Å². The van der Waals surface area contributed by atoms with Crippen LogP contribution >= 0.6 is 0 Å². The smallest absolute Gasteiger partial charge is 0.160 e. The molecule has 0 bridgehead atoms. The Labute approximate surface area is 202 Å². The fourth-order valence-electron chi connectivity index (χ4n) is 5.36. The number of nitrogens with zero attached hydrogens (tertiary/aromatic N) is 2. The zero-order valence-electron chi connectivity index (χ0n) is 21.1. The molecule has 0 aliphatic carbocycles. The van der Waals surface area contributed by atoms with Crippen LogP contribution in [0.1, 0.15) is 40.3 Å². The van der Waals surface area contributed by atoms with E-state index in [9.17, 15) is 0 Å². The zero-order chi connectivity index (χ0) is 24.4. The summed E-state index contributed by atoms with van der Waals surface area (Å²) >= 11 is 0. The van der Waals surface area contributed by atoms with Crippen LogP contribution in [0.4, 0.5) is 0 Å². The minimum atomic E-state index is 0.230. The monoisotopic (exact) mass is 457 g/mol. The number of benzene rings is 3. The third-order valence-electron chi connectivity index (χ3n) is 6.69. The molecule has 1 heterocycles. The van der Waals surface area contributed by atoms with Gasteiger partial charge in [0.15, 0.2) is 11.5 Å². The van der Waals surface area contributed by atoms with Crippen LogP contribution in [0.25, 0.3) is 22.0 Å². The highest BCUT2D eigenvalue weighted by Crippen LogP contribution is 2.38. The van der Waals surface area contributed by atoms with Gasteiger partial charge in [0.25, 0.3) is 0 Å². The molecule has 1 atom stereocenters. The van der Waals surface area contributed by atoms with Crippen LogP contribution in [0.3, 0.4) is 0 Å². The Morgan fingerprint density at radius 2 is 1.65 bits per heavy atom. The number of aromatic nitrogens is 2. The summed E-state index contributed by atoms with van der Waals surface area (Å²) in [5.41, 5.74) is 15.8. The molecule has 0 saturated carbocycles. The number of nitrogens with two attached hydrogens (primary N) is 1. The van der Waals surface area contributed by atoms with E-state index in [1.54, 1.807) is 14.2 Å². The maximum absolute atomic E-state index is 6.09. The molecule has 1 unspecified atom stereocenters. The van der Waals surface area contributed by atoms with E-state index in [1.165, 1.54) is 44.5 Å². The first kappa shape index (κ1) is 23.8. The Balaban J connectivity index is 1.82. The molecule has 0 fully saturated rings. The molecule has 4 aromatic rings. The minimum absolute atomic E-state index is 0.230. The standard InChI is InChI=1S/C29H35N3O2/c1-18-14-19(2)27(20(3)15-18)23-8-7-9-24-28(23)31-32(4)29(24)22(12-13-30)16-21-10-11-25(33-5)26(17-21)34-6/h7-11,14-15,17,22H,12-13,16,30H2,1-6H3. The minimum Gasteiger partial charge on any atom is -0.493 e. The average molecular weight is 458 g/mol. The van der Waals surface area contributed by atoms with Crippen molar-refractivity contribution in [2.75, 3.05) is 20.8 Å². The summed E-state index contributed by atoms with van der Waals surface area (Å²) in [4.78, 5) is 0. The van der Waals surface area contributed by atoms with Gasteiger partial charge in [-0.25, -0.2) is 0 Å². The van der Waals surface area contributed by atoms with Crippen molar-refractivity contribution in [3.05, 3.63) is 76.5 Å². The van der Waals surface area contributed by atoms with Crippen LogP contribution in [0.2, 0.25) is 0 Å². The Bertz CT molecular complexity index is 1300. The third kappa shape index (κ3) is 4.40. The van der Waals surface area contributed by atoms with Crippen molar-refractivity contribution >= 4 is 10.9 Å². The fourth-order valence-corrected chi connectivity index (χ4v) is 5.36. The number of rotatable bonds is 8. The van der Waals surface area contributed by atoms with Gasteiger partial charge in [0.1, 0.15) is 5.52 Å². The van der Waals surface area contributed by atoms with Gasteiger partial charge in [-0.15, -0.1) is 0 Å². The van der Waals surface area contributed by atoms with E-state index in [4.69, 9.17) is 20.3 Å². The lowest BCUT2D eigenvalue weighted by molar-refractivity contribution is 0.354. The topological polar surface area (TPSA) is 62.3 Å². The molecular formula is C29H35N3O2. The predicted octanol–water partition coefficient (Wildman–Crippen LogP) is 5.86. The average Bonchev–Trinajstić information content (AvgIpc) is 3.14. The van der Waals surface area contributed by atoms with E-state index in [0.717, 1.165) is 29.9 Å². The molecule has 3 aromatic carbocycles. The number of methoxy groups -OCH3 is 2. The first-order chi connectivity index (χ1) is 16.4. The summed E-state index contributed by atoms with van der Waals surface area (Å²) in [6.45, 7) is 7.13. The van der Waals surface area contributed by atoms with Crippen molar-refractivity contribution in [3.63, 3.8) is 0 Å². The van der Waals surface area contributed by atoms with Crippen LogP contribution in [0.15, 0.2) is 48.5 Å². The molecular weight excluding hydrogens is 422 g/mol. The first-order valence-electron chi connectivity index (χ1n) is 11.8. The van der Waals surface area contributed by atoms with Crippen LogP contribution in [-0.4, -0.2) is 30.5 Å². The zero-order valence-corrected chi connectivity index (χ0v) is 21.1. The molecule has 0 aliphatic rings. The van der Waals surface area contributed by atoms with Crippen LogP contribution in [0.5, 0.6) is 11.5 Å². The lowest BCUT2D eigenvalue weighted by Gasteiger charge is -2.18. The quantitative estimate of drug-likeness (QED) is 0.360. The second-order valence-corrected chi connectivity index (χ2v) is 9.15. The summed E-state index contributed by atoms with van der Waals surface area (Å²) in [7, 11) is 5.38. The van der Waals surface area contributed by atoms with E-state index in [-0.39, 0.29) is 5.92 Å². The Hall–Kier alpha value is -3.31. The number of ether oxygens (including phenoxy) is 2. The van der Waals surface area contributed by atoms with E-state index in [1.807, 2.05) is 17.8 Å². The second kappa shape index (κ2) is 9.90. The van der Waals surface area contributed by atoms with Crippen molar-refractivity contribution in [2.24, 2.45) is 12.8 Å². The van der Waals surface area contributed by atoms with Crippen molar-refractivity contribution in [1.29, 1.82) is 0 Å². The maximum Gasteiger partial charge on any atom is 0.160 e. The van der Waals surface area contributed by atoms with Gasteiger partial charge in [-0.2, -0.15) is 5.10 Å². The van der Waals surface area contributed by atoms with Crippen LogP contribution < -0.4 is 15.2 Å². The summed E-state index contributed by atoms with van der Waals surface area (Å²) < 4.78 is 13.0. The van der Waals surface area contributed by atoms with E-state index < -0.39 is 0 Å². The van der Waals surface area contributed by atoms with Gasteiger partial charge in [-0.1, -0.05) is 42.0 Å². The van der Waals surface area contributed by atoms with E-state index in [2.05, 4.69) is 63.2 Å². The van der Waals surface area contributed by atoms with Gasteiger partial charge in [-0.05, 0) is 74.5 Å². The van der Waals surface area contributed by atoms with Crippen molar-refractivity contribution in [3.8, 4) is 22.6 Å². The predicted molar refractivity (Wildman–Crippen MR) is 140 cm³/mol. The van der Waals surface area contributed by atoms with Gasteiger partial charge >= 0.3 is 0 Å². The highest BCUT2D eigenvalue weighted by molar-refractivity contribution is 5.97. The molecule has 2 N–H and O–H groups in total. The molecule has 0 saturated heterocycles. The van der Waals surface area contributed by atoms with Gasteiger partial charge in [0, 0.05) is 29.6 Å². The molecule has 178 valence electrons. The lowest BCUT2D eigenvalue weighted by atomic mass is 9.89. The summed E-state index contributed by atoms with van der Waals surface area (Å²) in [6.07, 6.45) is 1.72. The normalized spacial score (nSPS) is 12.2. The largest absolute Gasteiger partial charge is 0.493 e. The van der Waals surface area contributed by atoms with Crippen molar-refractivity contribution < 1.29 is 9.47 Å². The molecule has 34 heavy (non-hydrogen) atoms. The highest BCUT2D eigenvalue weighted by Gasteiger charge is 2.23. The molecule has 0 amide bonds. The molecule has 0 aliphatic heterocycles. The maximum atomic E-state index is 6.09. The number of aryl methyl sites for hydroxylation is 4. The molecule has 1 aromatic heterocycles. The van der Waals surface area contributed by atoms with E-state index in [0.29, 0.717) is 6.54 Å². The first-order valence-corrected chi connectivity index (χ1v) is 11.8. The SMILES string of the molecule is COc1ccc(CC(CCN)c2c3cccc(-c4c(C)cc(C)cc4C)c3nn2C)cc1OC. The lowest BCUT2D eigenvalue weighted by Crippen LogP contribution is -2.14. The summed E-state index contributed by atoms with van der Waals surface area (Å²) in [6, 6.07) is 17.2. The molecule has 4 rings (SSSR count). The van der Waals surface area contributed by atoms with Crippen LogP contribution in [-0.2, 0) is 13.5 Å². The number of hydrogen-bond acceptors (Lipinski definition) is 4. The third-order valence-corrected chi connectivity index (χ3v) is 6.69. The molecule has 5 nitrogen and oxygen atoms in total. The highest BCUT2D eigenvalue weighted by atomic mass is 16.5. The van der Waals surface area contributed by atoms with Gasteiger partial charge < -0.3 is 15.2 Å². The van der Waals surface area contributed by atoms with Crippen molar-refractivity contribution in [1.82, 2.24) is 9.78 Å².